The summed E-state index contributed by atoms with van der Waals surface area (Å²) < 4.78 is 19.8. The number of nitrogens with zero attached hydrogens (tertiary/aromatic N) is 4. The zero-order valence-electron chi connectivity index (χ0n) is 20.4. The summed E-state index contributed by atoms with van der Waals surface area (Å²) in [5.74, 6) is 3.13. The van der Waals surface area contributed by atoms with Crippen molar-refractivity contribution in [1.82, 2.24) is 9.78 Å². The lowest BCUT2D eigenvalue weighted by Gasteiger charge is -2.30. The Kier molecular flexibility index (Phi) is 3.44. The number of aromatic nitrogens is 4. The number of benzene rings is 4. The van der Waals surface area contributed by atoms with Crippen LogP contribution in [0.2, 0.25) is 0 Å². The van der Waals surface area contributed by atoms with Gasteiger partial charge in [0, 0.05) is 36.9 Å². The van der Waals surface area contributed by atoms with Crippen LogP contribution in [-0.4, -0.2) is 9.78 Å². The van der Waals surface area contributed by atoms with Gasteiger partial charge in [0.05, 0.1) is 10.9 Å². The van der Waals surface area contributed by atoms with Crippen molar-refractivity contribution in [2.24, 2.45) is 0 Å². The van der Waals surface area contributed by atoms with Gasteiger partial charge in [0.2, 0.25) is 0 Å². The molecule has 3 aliphatic heterocycles. The molecule has 7 heteroatoms. The highest BCUT2D eigenvalue weighted by Crippen LogP contribution is 2.55. The summed E-state index contributed by atoms with van der Waals surface area (Å²) in [6.45, 7) is 0. The van der Waals surface area contributed by atoms with Gasteiger partial charge in [-0.1, -0.05) is 45.6 Å². The van der Waals surface area contributed by atoms with Crippen molar-refractivity contribution in [2.75, 3.05) is 0 Å². The van der Waals surface area contributed by atoms with Crippen molar-refractivity contribution in [3.63, 3.8) is 0 Å². The second-order valence-electron chi connectivity index (χ2n) is 10.1. The van der Waals surface area contributed by atoms with Gasteiger partial charge in [-0.25, -0.2) is 0 Å². The highest BCUT2D eigenvalue weighted by Gasteiger charge is 2.73. The molecule has 0 saturated heterocycles. The predicted molar refractivity (Wildman–Crippen MR) is 147 cm³/mol. The van der Waals surface area contributed by atoms with E-state index in [1.807, 2.05) is 59.9 Å². The van der Waals surface area contributed by atoms with E-state index in [-0.39, 0.29) is 0 Å². The predicted octanol–water partition coefficient (Wildman–Crippen LogP) is 6.30. The van der Waals surface area contributed by atoms with Crippen LogP contribution < -0.4 is 18.8 Å². The molecule has 0 aliphatic carbocycles. The first kappa shape index (κ1) is 20.0. The Balaban J connectivity index is 1.30. The van der Waals surface area contributed by atoms with Crippen molar-refractivity contribution in [3.05, 3.63) is 121 Å². The van der Waals surface area contributed by atoms with Gasteiger partial charge < -0.3 is 9.47 Å². The molecule has 0 saturated carbocycles. The Morgan fingerprint density at radius 2 is 1.51 bits per heavy atom. The van der Waals surface area contributed by atoms with Gasteiger partial charge in [-0.2, -0.15) is 0 Å². The van der Waals surface area contributed by atoms with Crippen molar-refractivity contribution in [1.29, 1.82) is 0 Å². The van der Waals surface area contributed by atoms with Gasteiger partial charge >= 0.3 is 11.5 Å². The number of ether oxygens (including phenoxy) is 2. The number of rotatable bonds is 1. The largest absolute Gasteiger partial charge is 0.477 e. The molecule has 0 fully saturated rings. The van der Waals surface area contributed by atoms with Crippen LogP contribution in [0.15, 0.2) is 109 Å². The first-order valence-electron chi connectivity index (χ1n) is 12.9. The van der Waals surface area contributed by atoms with Crippen molar-refractivity contribution in [2.45, 2.75) is 5.66 Å². The zero-order valence-corrected chi connectivity index (χ0v) is 21.2. The molecule has 7 aromatic rings. The number of hydrogen-bond acceptors (Lipinski definition) is 4. The third kappa shape index (κ3) is 2.28. The fourth-order valence-electron chi connectivity index (χ4n) is 6.61. The molecule has 1 atom stereocenters. The van der Waals surface area contributed by atoms with Crippen LogP contribution in [0.25, 0.3) is 37.1 Å². The van der Waals surface area contributed by atoms with Gasteiger partial charge in [-0.3, -0.25) is 0 Å². The monoisotopic (exact) mass is 522 g/mol. The van der Waals surface area contributed by atoms with Gasteiger partial charge in [-0.15, -0.1) is 11.3 Å². The molecular weight excluding hydrogens is 504 g/mol. The maximum atomic E-state index is 6.47. The lowest BCUT2D eigenvalue weighted by molar-refractivity contribution is -1.02. The van der Waals surface area contributed by atoms with E-state index in [2.05, 4.69) is 75.0 Å². The molecule has 10 rings (SSSR count). The van der Waals surface area contributed by atoms with Crippen LogP contribution in [-0.2, 0) is 5.66 Å². The van der Waals surface area contributed by atoms with Gasteiger partial charge in [0.1, 0.15) is 23.4 Å². The van der Waals surface area contributed by atoms with E-state index in [9.17, 15) is 0 Å². The Morgan fingerprint density at radius 3 is 2.46 bits per heavy atom. The summed E-state index contributed by atoms with van der Waals surface area (Å²) in [5, 5.41) is 7.88. The van der Waals surface area contributed by atoms with Crippen molar-refractivity contribution >= 4 is 31.5 Å². The van der Waals surface area contributed by atoms with Crippen LogP contribution in [0.4, 0.5) is 0 Å². The third-order valence-corrected chi connectivity index (χ3v) is 9.31. The summed E-state index contributed by atoms with van der Waals surface area (Å²) in [6, 6.07) is 33.5. The van der Waals surface area contributed by atoms with Crippen molar-refractivity contribution < 1.29 is 18.8 Å². The molecular formula is C32H18N4O2S+2. The first-order valence-corrected chi connectivity index (χ1v) is 13.7. The topological polar surface area (TPSA) is 44.0 Å². The van der Waals surface area contributed by atoms with Gasteiger partial charge in [0.15, 0.2) is 28.8 Å². The van der Waals surface area contributed by atoms with E-state index in [1.54, 1.807) is 0 Å². The first-order chi connectivity index (χ1) is 19.3. The highest BCUT2D eigenvalue weighted by atomic mass is 32.1. The molecule has 0 bridgehead atoms. The molecule has 0 radical (unpaired) electrons. The molecule has 6 heterocycles. The third-order valence-electron chi connectivity index (χ3n) is 8.15. The number of fused-ring (bicyclic) bond motifs is 6. The molecule has 1 spiro atoms. The smallest absolute Gasteiger partial charge is 0.455 e. The van der Waals surface area contributed by atoms with E-state index in [0.717, 1.165) is 51.2 Å². The summed E-state index contributed by atoms with van der Waals surface area (Å²) in [7, 11) is 0. The average Bonchev–Trinajstić information content (AvgIpc) is 3.65. The van der Waals surface area contributed by atoms with Crippen molar-refractivity contribution in [3.8, 4) is 40.1 Å². The number of thiophene rings is 1. The van der Waals surface area contributed by atoms with E-state index in [4.69, 9.17) is 14.6 Å². The Morgan fingerprint density at radius 1 is 0.718 bits per heavy atom. The molecule has 1 unspecified atom stereocenters. The van der Waals surface area contributed by atoms with Crippen LogP contribution in [0.1, 0.15) is 11.1 Å². The summed E-state index contributed by atoms with van der Waals surface area (Å²) in [6.07, 6.45) is 4.21. The highest BCUT2D eigenvalue weighted by molar-refractivity contribution is 7.25. The van der Waals surface area contributed by atoms with Gasteiger partial charge in [0.25, 0.3) is 0 Å². The van der Waals surface area contributed by atoms with Crippen LogP contribution in [0, 0.1) is 0 Å². The average molecular weight is 523 g/mol. The molecule has 4 aromatic carbocycles. The van der Waals surface area contributed by atoms with Crippen LogP contribution >= 0.6 is 11.3 Å². The Hall–Kier alpha value is -5.01. The maximum absolute atomic E-state index is 6.47. The van der Waals surface area contributed by atoms with Crippen LogP contribution in [0.5, 0.6) is 23.1 Å². The lowest BCUT2D eigenvalue weighted by Crippen LogP contribution is -2.77. The summed E-state index contributed by atoms with van der Waals surface area (Å²) >= 11 is 1.83. The second kappa shape index (κ2) is 6.70. The quantitative estimate of drug-likeness (QED) is 0.238. The van der Waals surface area contributed by atoms with Crippen LogP contribution in [0.3, 0.4) is 0 Å². The second-order valence-corrected chi connectivity index (χ2v) is 11.2. The standard InChI is InChI=1S/C32H18N4O2S/c1-2-12-27-20(7-1)21-17-19(14-15-28(21)39-27)22-18-35-23-8-5-9-24-30(23)32(36(35)33-22)31-25(37-24)10-6-11-26(31)38-29-13-3-4-16-34(29)32/h1-18H/q+2. The lowest BCUT2D eigenvalue weighted by atomic mass is 9.86. The number of hydrogen-bond donors (Lipinski definition) is 0. The fraction of sp³-hybridized carbons (Fsp3) is 0.0312. The molecule has 0 N–H and O–H groups in total. The SMILES string of the molecule is c1cc2c3c(c1)Oc1cccc[n+]1C31c3c(cccc3-n3cc(-c4ccc5sc6ccccc6c5c4)n[n+]31)O2. The molecule has 3 aliphatic rings. The summed E-state index contributed by atoms with van der Waals surface area (Å²) in [4.78, 5) is 2.10. The van der Waals surface area contributed by atoms with Gasteiger partial charge in [-0.05, 0) is 48.5 Å². The molecule has 6 nitrogen and oxygen atoms in total. The molecule has 0 amide bonds. The minimum absolute atomic E-state index is 0.751. The normalized spacial score (nSPS) is 17.2. The number of pyridine rings is 1. The minimum atomic E-state index is -0.789. The van der Waals surface area contributed by atoms with E-state index in [0.29, 0.717) is 0 Å². The Bertz CT molecular complexity index is 2200. The molecule has 182 valence electrons. The summed E-state index contributed by atoms with van der Waals surface area (Å²) in [5.41, 5.74) is 4.26. The zero-order chi connectivity index (χ0) is 25.3. The Labute approximate surface area is 226 Å². The minimum Gasteiger partial charge on any atom is -0.455 e. The molecule has 39 heavy (non-hydrogen) atoms. The fourth-order valence-corrected chi connectivity index (χ4v) is 7.69. The van der Waals surface area contributed by atoms with E-state index < -0.39 is 5.66 Å². The van der Waals surface area contributed by atoms with E-state index in [1.165, 1.54) is 20.2 Å². The molecule has 3 aromatic heterocycles. The maximum Gasteiger partial charge on any atom is 0.477 e. The van der Waals surface area contributed by atoms with E-state index >= 15 is 0 Å².